The summed E-state index contributed by atoms with van der Waals surface area (Å²) in [7, 11) is 0. The van der Waals surface area contributed by atoms with Crippen LogP contribution in [0.2, 0.25) is 0 Å². The molecule has 1 aromatic rings. The number of carbonyl (C=O) groups is 2. The third kappa shape index (κ3) is 2.89. The van der Waals surface area contributed by atoms with Crippen LogP contribution in [0.15, 0.2) is 36.4 Å². The van der Waals surface area contributed by atoms with E-state index < -0.39 is 17.4 Å². The third-order valence-corrected chi connectivity index (χ3v) is 6.03. The summed E-state index contributed by atoms with van der Waals surface area (Å²) in [5.41, 5.74) is 1.35. The molecule has 5 nitrogen and oxygen atoms in total. The molecule has 5 heteroatoms. The number of carbonyl (C=O) groups excluding carboxylic acids is 2. The molecule has 0 unspecified atom stereocenters. The molecule has 3 aliphatic heterocycles. The summed E-state index contributed by atoms with van der Waals surface area (Å²) in [5.74, 6) is -1.36. The lowest BCUT2D eigenvalue weighted by molar-refractivity contribution is -0.152. The van der Waals surface area contributed by atoms with Gasteiger partial charge in [-0.25, -0.2) is 0 Å². The molecule has 0 N–H and O–H groups in total. The molecule has 27 heavy (non-hydrogen) atoms. The molecule has 1 amide bonds. The first-order chi connectivity index (χ1) is 13.1. The van der Waals surface area contributed by atoms with Crippen LogP contribution in [-0.4, -0.2) is 36.7 Å². The van der Waals surface area contributed by atoms with Gasteiger partial charge in [-0.1, -0.05) is 57.0 Å². The van der Waals surface area contributed by atoms with Crippen molar-refractivity contribution >= 4 is 17.6 Å². The van der Waals surface area contributed by atoms with E-state index in [1.54, 1.807) is 4.90 Å². The molecule has 3 heterocycles. The van der Waals surface area contributed by atoms with Crippen LogP contribution >= 0.6 is 0 Å². The Kier molecular flexibility index (Phi) is 4.81. The van der Waals surface area contributed by atoms with E-state index in [4.69, 9.17) is 9.47 Å². The standard InChI is InChI=1S/C22H27NO4/c1-3-5-8-13-26-21(25)18-17-11-12-22(27-17)14-23(20(24)19(18)22)16-10-7-6-9-15(16)4-2/h6-7,9-12,17-19H,3-5,8,13-14H2,1-2H3/t17-,18-,19-,22+/m1/s1. The minimum absolute atomic E-state index is 0.0294. The zero-order valence-corrected chi connectivity index (χ0v) is 16.0. The minimum atomic E-state index is -0.699. The van der Waals surface area contributed by atoms with Gasteiger partial charge in [0.25, 0.3) is 0 Å². The highest BCUT2D eigenvalue weighted by molar-refractivity contribution is 6.03. The maximum absolute atomic E-state index is 13.3. The van der Waals surface area contributed by atoms with Crippen molar-refractivity contribution < 1.29 is 19.1 Å². The Morgan fingerprint density at radius 1 is 1.30 bits per heavy atom. The van der Waals surface area contributed by atoms with Crippen molar-refractivity contribution in [2.75, 3.05) is 18.1 Å². The summed E-state index contributed by atoms with van der Waals surface area (Å²) < 4.78 is 11.7. The van der Waals surface area contributed by atoms with E-state index in [1.807, 2.05) is 36.4 Å². The van der Waals surface area contributed by atoms with Crippen LogP contribution in [0, 0.1) is 11.8 Å². The number of hydrogen-bond donors (Lipinski definition) is 0. The van der Waals surface area contributed by atoms with Gasteiger partial charge in [0.15, 0.2) is 0 Å². The number of anilines is 1. The van der Waals surface area contributed by atoms with Crippen molar-refractivity contribution in [3.63, 3.8) is 0 Å². The van der Waals surface area contributed by atoms with E-state index in [9.17, 15) is 9.59 Å². The lowest BCUT2D eigenvalue weighted by atomic mass is 9.77. The molecule has 2 bridgehead atoms. The van der Waals surface area contributed by atoms with Crippen LogP contribution in [-0.2, 0) is 25.5 Å². The molecular weight excluding hydrogens is 342 g/mol. The number of amides is 1. The van der Waals surface area contributed by atoms with E-state index >= 15 is 0 Å². The molecule has 0 saturated carbocycles. The smallest absolute Gasteiger partial charge is 0.312 e. The fourth-order valence-electron chi connectivity index (χ4n) is 4.67. The van der Waals surface area contributed by atoms with Crippen molar-refractivity contribution in [2.45, 2.75) is 51.2 Å². The highest BCUT2D eigenvalue weighted by Gasteiger charge is 2.67. The number of esters is 1. The minimum Gasteiger partial charge on any atom is -0.465 e. The first kappa shape index (κ1) is 18.2. The number of hydrogen-bond acceptors (Lipinski definition) is 4. The van der Waals surface area contributed by atoms with Crippen LogP contribution in [0.25, 0.3) is 0 Å². The number of para-hydroxylation sites is 1. The molecule has 0 radical (unpaired) electrons. The van der Waals surface area contributed by atoms with E-state index in [1.165, 1.54) is 0 Å². The van der Waals surface area contributed by atoms with Gasteiger partial charge in [0.05, 0.1) is 25.2 Å². The Balaban J connectivity index is 1.57. The van der Waals surface area contributed by atoms with Crippen molar-refractivity contribution in [2.24, 2.45) is 11.8 Å². The maximum Gasteiger partial charge on any atom is 0.312 e. The molecule has 0 aromatic heterocycles. The quantitative estimate of drug-likeness (QED) is 0.420. The maximum atomic E-state index is 13.3. The highest BCUT2D eigenvalue weighted by Crippen LogP contribution is 2.53. The summed E-state index contributed by atoms with van der Waals surface area (Å²) in [6.07, 6.45) is 7.38. The molecule has 3 aliphatic rings. The SMILES string of the molecule is CCCCCOC(=O)[C@@H]1[C@H]2C=C[C@@]3(CN(c4ccccc4CC)C(=O)[C@@H]13)O2. The van der Waals surface area contributed by atoms with Gasteiger partial charge < -0.3 is 14.4 Å². The molecule has 1 aromatic carbocycles. The number of unbranched alkanes of at least 4 members (excludes halogenated alkanes) is 2. The number of ether oxygens (including phenoxy) is 2. The van der Waals surface area contributed by atoms with Crippen LogP contribution in [0.5, 0.6) is 0 Å². The lowest BCUT2D eigenvalue weighted by Gasteiger charge is -2.23. The Hall–Kier alpha value is -2.14. The molecule has 0 aliphatic carbocycles. The Morgan fingerprint density at radius 3 is 2.89 bits per heavy atom. The Bertz CT molecular complexity index is 773. The van der Waals surface area contributed by atoms with Crippen molar-refractivity contribution in [1.29, 1.82) is 0 Å². The summed E-state index contributed by atoms with van der Waals surface area (Å²) >= 11 is 0. The van der Waals surface area contributed by atoms with Crippen LogP contribution in [0.3, 0.4) is 0 Å². The second-order valence-electron chi connectivity index (χ2n) is 7.68. The highest BCUT2D eigenvalue weighted by atomic mass is 16.6. The second kappa shape index (κ2) is 7.12. The van der Waals surface area contributed by atoms with Gasteiger partial charge in [0.1, 0.15) is 11.5 Å². The lowest BCUT2D eigenvalue weighted by Crippen LogP contribution is -2.40. The van der Waals surface area contributed by atoms with Gasteiger partial charge in [-0.3, -0.25) is 9.59 Å². The predicted octanol–water partition coefficient (Wildman–Crippen LogP) is 3.27. The zero-order valence-electron chi connectivity index (χ0n) is 16.0. The molecule has 1 spiro atoms. The molecule has 144 valence electrons. The van der Waals surface area contributed by atoms with Gasteiger partial charge in [0, 0.05) is 5.69 Å². The van der Waals surface area contributed by atoms with E-state index in [0.29, 0.717) is 13.2 Å². The molecular formula is C22H27NO4. The first-order valence-electron chi connectivity index (χ1n) is 10.0. The zero-order chi connectivity index (χ0) is 19.0. The molecule has 4 atom stereocenters. The van der Waals surface area contributed by atoms with Crippen LogP contribution < -0.4 is 4.90 Å². The average molecular weight is 369 g/mol. The van der Waals surface area contributed by atoms with Crippen molar-refractivity contribution in [3.8, 4) is 0 Å². The van der Waals surface area contributed by atoms with E-state index in [2.05, 4.69) is 13.8 Å². The molecule has 4 rings (SSSR count). The second-order valence-corrected chi connectivity index (χ2v) is 7.68. The largest absolute Gasteiger partial charge is 0.465 e. The van der Waals surface area contributed by atoms with Gasteiger partial charge in [0.2, 0.25) is 5.91 Å². The fourth-order valence-corrected chi connectivity index (χ4v) is 4.67. The number of rotatable bonds is 7. The fraction of sp³-hybridized carbons (Fsp3) is 0.545. The first-order valence-corrected chi connectivity index (χ1v) is 10.0. The predicted molar refractivity (Wildman–Crippen MR) is 102 cm³/mol. The van der Waals surface area contributed by atoms with E-state index in [0.717, 1.165) is 36.9 Å². The van der Waals surface area contributed by atoms with Gasteiger partial charge in [-0.15, -0.1) is 0 Å². The number of fused-ring (bicyclic) bond motifs is 1. The summed E-state index contributed by atoms with van der Waals surface area (Å²) in [4.78, 5) is 27.9. The molecule has 2 saturated heterocycles. The number of benzene rings is 1. The van der Waals surface area contributed by atoms with Crippen LogP contribution in [0.1, 0.15) is 38.7 Å². The summed E-state index contributed by atoms with van der Waals surface area (Å²) in [6, 6.07) is 7.95. The van der Waals surface area contributed by atoms with Gasteiger partial charge >= 0.3 is 5.97 Å². The third-order valence-electron chi connectivity index (χ3n) is 6.03. The Labute approximate surface area is 160 Å². The summed E-state index contributed by atoms with van der Waals surface area (Å²) in [5, 5.41) is 0. The van der Waals surface area contributed by atoms with E-state index in [-0.39, 0.29) is 18.0 Å². The number of aryl methyl sites for hydroxylation is 1. The monoisotopic (exact) mass is 369 g/mol. The van der Waals surface area contributed by atoms with Gasteiger partial charge in [-0.05, 0) is 24.5 Å². The molecule has 2 fully saturated rings. The number of nitrogens with zero attached hydrogens (tertiary/aromatic N) is 1. The normalized spacial score (nSPS) is 30.8. The van der Waals surface area contributed by atoms with Crippen LogP contribution in [0.4, 0.5) is 5.69 Å². The topological polar surface area (TPSA) is 55.8 Å². The average Bonchev–Trinajstić information content (AvgIpc) is 3.33. The van der Waals surface area contributed by atoms with Gasteiger partial charge in [-0.2, -0.15) is 0 Å². The van der Waals surface area contributed by atoms with Crippen molar-refractivity contribution in [1.82, 2.24) is 0 Å². The Morgan fingerprint density at radius 2 is 2.11 bits per heavy atom. The summed E-state index contributed by atoms with van der Waals surface area (Å²) in [6.45, 7) is 5.06. The van der Waals surface area contributed by atoms with Crippen molar-refractivity contribution in [3.05, 3.63) is 42.0 Å².